The average Bonchev–Trinajstić information content (AvgIpc) is 2.04. The summed E-state index contributed by atoms with van der Waals surface area (Å²) in [5, 5.41) is 27.2. The summed E-state index contributed by atoms with van der Waals surface area (Å²) in [6.07, 6.45) is 1.96. The van der Waals surface area contributed by atoms with Crippen molar-refractivity contribution in [2.75, 3.05) is 0 Å². The molecule has 0 saturated carbocycles. The summed E-state index contributed by atoms with van der Waals surface area (Å²) in [6.45, 7) is 0. The third-order valence-corrected chi connectivity index (χ3v) is 1.12. The largest absolute Gasteiger partial charge is 0.494 e. The van der Waals surface area contributed by atoms with Crippen LogP contribution >= 0.6 is 0 Å². The molecule has 1 heterocycles. The van der Waals surface area contributed by atoms with Crippen LogP contribution < -0.4 is 5.46 Å². The summed E-state index contributed by atoms with van der Waals surface area (Å²) in [4.78, 5) is 15.8. The van der Waals surface area contributed by atoms with Gasteiger partial charge in [-0.1, -0.05) is 9.97 Å². The standard InChI is InChI=1S/C4H4BN3O4/c9-5(10)3-1-6-4(7-2-3)8(11)12/h1-2,9-10H. The highest BCUT2D eigenvalue weighted by Crippen LogP contribution is 1.95. The van der Waals surface area contributed by atoms with Crippen LogP contribution in [0.2, 0.25) is 0 Å². The highest BCUT2D eigenvalue weighted by atomic mass is 16.6. The van der Waals surface area contributed by atoms with Gasteiger partial charge in [-0.3, -0.25) is 0 Å². The highest BCUT2D eigenvalue weighted by molar-refractivity contribution is 6.58. The molecular formula is C4H4BN3O4. The third-order valence-electron chi connectivity index (χ3n) is 1.12. The predicted molar refractivity (Wildman–Crippen MR) is 38.5 cm³/mol. The van der Waals surface area contributed by atoms with Crippen molar-refractivity contribution < 1.29 is 15.0 Å². The van der Waals surface area contributed by atoms with Crippen molar-refractivity contribution in [1.82, 2.24) is 9.97 Å². The van der Waals surface area contributed by atoms with Crippen LogP contribution in [0.4, 0.5) is 5.95 Å². The minimum atomic E-state index is -1.70. The quantitative estimate of drug-likeness (QED) is 0.303. The zero-order valence-electron chi connectivity index (χ0n) is 5.78. The normalized spacial score (nSPS) is 9.50. The van der Waals surface area contributed by atoms with Crippen molar-refractivity contribution >= 4 is 18.5 Å². The maximum atomic E-state index is 10.0. The fraction of sp³-hybridized carbons (Fsp3) is 0. The van der Waals surface area contributed by atoms with Crippen molar-refractivity contribution in [2.24, 2.45) is 0 Å². The first-order valence-corrected chi connectivity index (χ1v) is 2.93. The molecule has 8 heteroatoms. The lowest BCUT2D eigenvalue weighted by atomic mass is 9.83. The Bertz CT molecular complexity index is 287. The lowest BCUT2D eigenvalue weighted by Crippen LogP contribution is -2.30. The number of hydrogen-bond donors (Lipinski definition) is 2. The molecule has 0 radical (unpaired) electrons. The van der Waals surface area contributed by atoms with E-state index in [2.05, 4.69) is 9.97 Å². The second-order valence-corrected chi connectivity index (χ2v) is 1.95. The van der Waals surface area contributed by atoms with Gasteiger partial charge in [0.1, 0.15) is 12.4 Å². The summed E-state index contributed by atoms with van der Waals surface area (Å²) in [5.41, 5.74) is 0.0144. The first-order chi connectivity index (χ1) is 5.61. The van der Waals surface area contributed by atoms with Crippen molar-refractivity contribution in [2.45, 2.75) is 0 Å². The van der Waals surface area contributed by atoms with E-state index in [9.17, 15) is 10.1 Å². The van der Waals surface area contributed by atoms with Crippen molar-refractivity contribution in [3.63, 3.8) is 0 Å². The van der Waals surface area contributed by atoms with Crippen molar-refractivity contribution in [1.29, 1.82) is 0 Å². The van der Waals surface area contributed by atoms with E-state index in [1.54, 1.807) is 0 Å². The molecule has 1 aromatic rings. The summed E-state index contributed by atoms with van der Waals surface area (Å²) in [6, 6.07) is 0. The maximum absolute atomic E-state index is 10.0. The fourth-order valence-electron chi connectivity index (χ4n) is 0.559. The number of aromatic nitrogens is 2. The summed E-state index contributed by atoms with van der Waals surface area (Å²) >= 11 is 0. The van der Waals surface area contributed by atoms with Gasteiger partial charge in [-0.15, -0.1) is 0 Å². The summed E-state index contributed by atoms with van der Waals surface area (Å²) < 4.78 is 0. The Morgan fingerprint density at radius 2 is 1.92 bits per heavy atom. The zero-order chi connectivity index (χ0) is 9.14. The smallest absolute Gasteiger partial charge is 0.423 e. The van der Waals surface area contributed by atoms with Crippen LogP contribution in [0.15, 0.2) is 12.4 Å². The Kier molecular flexibility index (Phi) is 2.31. The minimum Gasteiger partial charge on any atom is -0.423 e. The van der Waals surface area contributed by atoms with Crippen LogP contribution in [0.25, 0.3) is 0 Å². The number of nitro groups is 1. The van der Waals surface area contributed by atoms with E-state index in [4.69, 9.17) is 10.0 Å². The maximum Gasteiger partial charge on any atom is 0.494 e. The number of nitrogens with zero attached hydrogens (tertiary/aromatic N) is 3. The molecule has 1 rings (SSSR count). The molecule has 0 aliphatic rings. The Hall–Kier alpha value is -1.54. The van der Waals surface area contributed by atoms with E-state index in [-0.39, 0.29) is 5.46 Å². The number of hydrogen-bond acceptors (Lipinski definition) is 6. The van der Waals surface area contributed by atoms with E-state index in [0.29, 0.717) is 0 Å². The molecule has 62 valence electrons. The minimum absolute atomic E-state index is 0.0144. The molecular weight excluding hydrogens is 165 g/mol. The SMILES string of the molecule is O=[N+]([O-])c1ncc(B(O)O)cn1. The van der Waals surface area contributed by atoms with Gasteiger partial charge in [0.25, 0.3) is 0 Å². The summed E-state index contributed by atoms with van der Waals surface area (Å²) in [5.74, 6) is -0.570. The fourth-order valence-corrected chi connectivity index (χ4v) is 0.559. The molecule has 12 heavy (non-hydrogen) atoms. The first-order valence-electron chi connectivity index (χ1n) is 2.93. The molecule has 0 unspecified atom stereocenters. The molecule has 2 N–H and O–H groups in total. The zero-order valence-corrected chi connectivity index (χ0v) is 5.78. The highest BCUT2D eigenvalue weighted by Gasteiger charge is 2.16. The van der Waals surface area contributed by atoms with Gasteiger partial charge >= 0.3 is 13.1 Å². The van der Waals surface area contributed by atoms with Crippen molar-refractivity contribution in [3.05, 3.63) is 22.5 Å². The third kappa shape index (κ3) is 1.74. The molecule has 0 amide bonds. The van der Waals surface area contributed by atoms with Crippen LogP contribution in [-0.4, -0.2) is 32.1 Å². The molecule has 0 aliphatic carbocycles. The molecule has 1 aromatic heterocycles. The summed E-state index contributed by atoms with van der Waals surface area (Å²) in [7, 11) is -1.70. The molecule has 0 saturated heterocycles. The van der Waals surface area contributed by atoms with Gasteiger partial charge in [-0.2, -0.15) is 0 Å². The first kappa shape index (κ1) is 8.56. The van der Waals surface area contributed by atoms with Crippen LogP contribution in [0.1, 0.15) is 0 Å². The second-order valence-electron chi connectivity index (χ2n) is 1.95. The monoisotopic (exact) mass is 169 g/mol. The van der Waals surface area contributed by atoms with Gasteiger partial charge < -0.3 is 20.2 Å². The Labute approximate surface area is 67.0 Å². The predicted octanol–water partition coefficient (Wildman–Crippen LogP) is -1.94. The van der Waals surface area contributed by atoms with Crippen molar-refractivity contribution in [3.8, 4) is 0 Å². The van der Waals surface area contributed by atoms with Gasteiger partial charge in [-0.25, -0.2) is 0 Å². The molecule has 0 bridgehead atoms. The van der Waals surface area contributed by atoms with Crippen LogP contribution in [0.3, 0.4) is 0 Å². The van der Waals surface area contributed by atoms with Crippen LogP contribution in [0.5, 0.6) is 0 Å². The van der Waals surface area contributed by atoms with Gasteiger partial charge in [0.05, 0.1) is 5.46 Å². The Morgan fingerprint density at radius 3 is 2.25 bits per heavy atom. The molecule has 0 fully saturated rings. The number of rotatable bonds is 2. The molecule has 0 aliphatic heterocycles. The average molecular weight is 169 g/mol. The van der Waals surface area contributed by atoms with Gasteiger partial charge in [0, 0.05) is 0 Å². The van der Waals surface area contributed by atoms with E-state index in [0.717, 1.165) is 12.4 Å². The molecule has 0 aromatic carbocycles. The van der Waals surface area contributed by atoms with Crippen LogP contribution in [0, 0.1) is 10.1 Å². The molecule has 0 spiro atoms. The van der Waals surface area contributed by atoms with E-state index in [1.165, 1.54) is 0 Å². The Balaban J connectivity index is 2.93. The van der Waals surface area contributed by atoms with E-state index < -0.39 is 18.0 Å². The van der Waals surface area contributed by atoms with E-state index in [1.807, 2.05) is 0 Å². The van der Waals surface area contributed by atoms with Gasteiger partial charge in [-0.05, 0) is 4.92 Å². The molecule has 7 nitrogen and oxygen atoms in total. The lowest BCUT2D eigenvalue weighted by Gasteiger charge is -1.93. The molecule has 0 atom stereocenters. The van der Waals surface area contributed by atoms with Crippen LogP contribution in [-0.2, 0) is 0 Å². The second kappa shape index (κ2) is 3.24. The Morgan fingerprint density at radius 1 is 1.42 bits per heavy atom. The van der Waals surface area contributed by atoms with Gasteiger partial charge in [0.2, 0.25) is 0 Å². The van der Waals surface area contributed by atoms with Gasteiger partial charge in [0.15, 0.2) is 0 Å². The van der Waals surface area contributed by atoms with E-state index >= 15 is 0 Å². The lowest BCUT2D eigenvalue weighted by molar-refractivity contribution is -0.394. The topological polar surface area (TPSA) is 109 Å².